The van der Waals surface area contributed by atoms with Crippen LogP contribution >= 0.6 is 11.8 Å². The average Bonchev–Trinajstić information content (AvgIpc) is 2.74. The van der Waals surface area contributed by atoms with Crippen LogP contribution in [0.15, 0.2) is 29.2 Å². The molecule has 1 aromatic carbocycles. The van der Waals surface area contributed by atoms with Crippen molar-refractivity contribution < 1.29 is 4.74 Å². The first-order valence-electron chi connectivity index (χ1n) is 5.30. The molecule has 0 saturated heterocycles. The monoisotopic (exact) mass is 249 g/mol. The quantitative estimate of drug-likeness (QED) is 0.818. The molecular formula is C12H15N3OS. The van der Waals surface area contributed by atoms with Crippen LogP contribution in [0.4, 0.5) is 0 Å². The van der Waals surface area contributed by atoms with Crippen molar-refractivity contribution in [3.8, 4) is 11.6 Å². The van der Waals surface area contributed by atoms with E-state index in [1.807, 2.05) is 37.4 Å². The van der Waals surface area contributed by atoms with Gasteiger partial charge in [-0.2, -0.15) is 0 Å². The van der Waals surface area contributed by atoms with Gasteiger partial charge in [0.2, 0.25) is 5.88 Å². The van der Waals surface area contributed by atoms with E-state index in [1.165, 1.54) is 0 Å². The molecule has 2 rings (SSSR count). The zero-order valence-electron chi connectivity index (χ0n) is 9.86. The highest BCUT2D eigenvalue weighted by Crippen LogP contribution is 2.31. The summed E-state index contributed by atoms with van der Waals surface area (Å²) in [5.41, 5.74) is 7.75. The predicted octanol–water partition coefficient (Wildman–Crippen LogP) is 2.69. The van der Waals surface area contributed by atoms with Crippen LogP contribution in [-0.2, 0) is 6.54 Å². The molecule has 0 aliphatic carbocycles. The number of H-pyrrole nitrogens is 1. The number of aromatic nitrogens is 2. The molecule has 0 amide bonds. The second-order valence-electron chi connectivity index (χ2n) is 3.63. The average molecular weight is 249 g/mol. The minimum absolute atomic E-state index is 0.454. The third kappa shape index (κ3) is 2.62. The molecule has 2 aromatic rings. The van der Waals surface area contributed by atoms with Crippen LogP contribution in [0.3, 0.4) is 0 Å². The highest BCUT2D eigenvalue weighted by Gasteiger charge is 2.09. The Morgan fingerprint density at radius 1 is 1.47 bits per heavy atom. The van der Waals surface area contributed by atoms with Crippen molar-refractivity contribution >= 4 is 11.8 Å². The van der Waals surface area contributed by atoms with Crippen molar-refractivity contribution in [1.29, 1.82) is 0 Å². The molecule has 0 saturated carbocycles. The zero-order valence-corrected chi connectivity index (χ0v) is 10.7. The van der Waals surface area contributed by atoms with E-state index in [1.54, 1.807) is 11.8 Å². The van der Waals surface area contributed by atoms with Gasteiger partial charge >= 0.3 is 0 Å². The van der Waals surface area contributed by atoms with Gasteiger partial charge in [0.25, 0.3) is 0 Å². The number of aryl methyl sites for hydroxylation is 1. The van der Waals surface area contributed by atoms with Crippen LogP contribution in [0.25, 0.3) is 0 Å². The first-order valence-corrected chi connectivity index (χ1v) is 6.53. The number of hydrogen-bond donors (Lipinski definition) is 2. The van der Waals surface area contributed by atoms with Gasteiger partial charge < -0.3 is 10.5 Å². The molecule has 1 aromatic heterocycles. The topological polar surface area (TPSA) is 63.9 Å². The fraction of sp³-hybridized carbons (Fsp3) is 0.250. The van der Waals surface area contributed by atoms with E-state index in [9.17, 15) is 0 Å². The Labute approximate surface area is 105 Å². The summed E-state index contributed by atoms with van der Waals surface area (Å²) >= 11 is 1.66. The summed E-state index contributed by atoms with van der Waals surface area (Å²) in [7, 11) is 0. The van der Waals surface area contributed by atoms with E-state index < -0.39 is 0 Å². The molecule has 1 heterocycles. The molecule has 0 radical (unpaired) electrons. The smallest absolute Gasteiger partial charge is 0.238 e. The Balaban J connectivity index is 2.32. The summed E-state index contributed by atoms with van der Waals surface area (Å²) in [6.07, 6.45) is 2.02. The summed E-state index contributed by atoms with van der Waals surface area (Å²) in [5, 5.41) is 6.89. The van der Waals surface area contributed by atoms with Gasteiger partial charge in [0.05, 0.1) is 0 Å². The van der Waals surface area contributed by atoms with Crippen LogP contribution in [0.5, 0.6) is 11.6 Å². The highest BCUT2D eigenvalue weighted by atomic mass is 32.2. The van der Waals surface area contributed by atoms with E-state index in [2.05, 4.69) is 10.2 Å². The van der Waals surface area contributed by atoms with Crippen LogP contribution in [0.1, 0.15) is 11.3 Å². The normalized spacial score (nSPS) is 10.5. The molecule has 17 heavy (non-hydrogen) atoms. The summed E-state index contributed by atoms with van der Waals surface area (Å²) < 4.78 is 5.73. The summed E-state index contributed by atoms with van der Waals surface area (Å²) in [6.45, 7) is 2.39. The third-order valence-electron chi connectivity index (χ3n) is 2.41. The maximum absolute atomic E-state index is 5.76. The lowest BCUT2D eigenvalue weighted by molar-refractivity contribution is 0.454. The number of thioether (sulfide) groups is 1. The van der Waals surface area contributed by atoms with Gasteiger partial charge in [0.1, 0.15) is 5.75 Å². The first-order chi connectivity index (χ1) is 8.24. The van der Waals surface area contributed by atoms with Crippen LogP contribution in [-0.4, -0.2) is 16.5 Å². The second-order valence-corrected chi connectivity index (χ2v) is 4.48. The lowest BCUT2D eigenvalue weighted by atomic mass is 10.2. The number of nitrogens with two attached hydrogens (primary N) is 1. The SMILES string of the molecule is CSc1cccc(Oc2cc(C)[nH]n2)c1CN. The van der Waals surface area contributed by atoms with E-state index in [0.717, 1.165) is 21.9 Å². The van der Waals surface area contributed by atoms with Gasteiger partial charge in [-0.3, -0.25) is 5.10 Å². The van der Waals surface area contributed by atoms with Gasteiger partial charge in [0, 0.05) is 28.8 Å². The van der Waals surface area contributed by atoms with E-state index >= 15 is 0 Å². The third-order valence-corrected chi connectivity index (χ3v) is 3.23. The molecule has 0 bridgehead atoms. The fourth-order valence-electron chi connectivity index (χ4n) is 1.59. The number of aromatic amines is 1. The summed E-state index contributed by atoms with van der Waals surface area (Å²) in [6, 6.07) is 7.76. The molecular weight excluding hydrogens is 234 g/mol. The number of benzene rings is 1. The van der Waals surface area contributed by atoms with Crippen molar-refractivity contribution in [2.24, 2.45) is 5.73 Å². The van der Waals surface area contributed by atoms with Crippen molar-refractivity contribution in [3.63, 3.8) is 0 Å². The summed E-state index contributed by atoms with van der Waals surface area (Å²) in [4.78, 5) is 1.14. The maximum Gasteiger partial charge on any atom is 0.238 e. The molecule has 0 atom stereocenters. The predicted molar refractivity (Wildman–Crippen MR) is 69.5 cm³/mol. The maximum atomic E-state index is 5.76. The van der Waals surface area contributed by atoms with Gasteiger partial charge in [-0.1, -0.05) is 6.07 Å². The van der Waals surface area contributed by atoms with Crippen molar-refractivity contribution in [2.45, 2.75) is 18.4 Å². The highest BCUT2D eigenvalue weighted by molar-refractivity contribution is 7.98. The number of nitrogens with zero attached hydrogens (tertiary/aromatic N) is 1. The Kier molecular flexibility index (Phi) is 3.71. The Morgan fingerprint density at radius 3 is 2.88 bits per heavy atom. The largest absolute Gasteiger partial charge is 0.437 e. The lowest BCUT2D eigenvalue weighted by Gasteiger charge is -2.11. The van der Waals surface area contributed by atoms with Crippen molar-refractivity contribution in [3.05, 3.63) is 35.5 Å². The Morgan fingerprint density at radius 2 is 2.29 bits per heavy atom. The molecule has 5 heteroatoms. The van der Waals surface area contributed by atoms with Crippen molar-refractivity contribution in [1.82, 2.24) is 10.2 Å². The fourth-order valence-corrected chi connectivity index (χ4v) is 2.24. The molecule has 0 fully saturated rings. The van der Waals surface area contributed by atoms with Gasteiger partial charge in [0.15, 0.2) is 0 Å². The van der Waals surface area contributed by atoms with Crippen LogP contribution < -0.4 is 10.5 Å². The molecule has 3 N–H and O–H groups in total. The number of ether oxygens (including phenoxy) is 1. The van der Waals surface area contributed by atoms with E-state index in [-0.39, 0.29) is 0 Å². The van der Waals surface area contributed by atoms with Crippen molar-refractivity contribution in [2.75, 3.05) is 6.26 Å². The number of rotatable bonds is 4. The zero-order chi connectivity index (χ0) is 12.3. The molecule has 0 aliphatic rings. The molecule has 0 aliphatic heterocycles. The molecule has 0 unspecified atom stereocenters. The number of hydrogen-bond acceptors (Lipinski definition) is 4. The first kappa shape index (κ1) is 12.0. The Hall–Kier alpha value is -1.46. The minimum Gasteiger partial charge on any atom is -0.437 e. The van der Waals surface area contributed by atoms with Gasteiger partial charge in [-0.15, -0.1) is 16.9 Å². The Bertz CT molecular complexity index is 510. The lowest BCUT2D eigenvalue weighted by Crippen LogP contribution is -2.01. The number of nitrogens with one attached hydrogen (secondary N) is 1. The molecule has 90 valence electrons. The summed E-state index contributed by atoms with van der Waals surface area (Å²) in [5.74, 6) is 1.33. The minimum atomic E-state index is 0.454. The molecule has 0 spiro atoms. The van der Waals surface area contributed by atoms with Gasteiger partial charge in [-0.25, -0.2) is 0 Å². The van der Waals surface area contributed by atoms with E-state index in [0.29, 0.717) is 12.4 Å². The van der Waals surface area contributed by atoms with Crippen LogP contribution in [0, 0.1) is 6.92 Å². The van der Waals surface area contributed by atoms with Crippen LogP contribution in [0.2, 0.25) is 0 Å². The van der Waals surface area contributed by atoms with E-state index in [4.69, 9.17) is 10.5 Å². The molecule has 4 nitrogen and oxygen atoms in total. The second kappa shape index (κ2) is 5.25. The standard InChI is InChI=1S/C12H15N3OS/c1-8-6-12(15-14-8)16-10-4-3-5-11(17-2)9(10)7-13/h3-6H,7,13H2,1-2H3,(H,14,15). The van der Waals surface area contributed by atoms with Gasteiger partial charge in [-0.05, 0) is 25.3 Å².